The number of carbonyl (C=O) groups excluding carboxylic acids is 1. The number of ether oxygens (including phenoxy) is 2. The number of carbonyl (C=O) groups is 1. The Bertz CT molecular complexity index is 770. The highest BCUT2D eigenvalue weighted by atomic mass is 16.5. The van der Waals surface area contributed by atoms with Crippen LogP contribution in [0.4, 0.5) is 0 Å². The van der Waals surface area contributed by atoms with Crippen LogP contribution in [-0.2, 0) is 11.2 Å². The van der Waals surface area contributed by atoms with E-state index in [4.69, 9.17) is 9.47 Å². The number of hydrogen-bond donors (Lipinski definition) is 3. The zero-order valence-electron chi connectivity index (χ0n) is 14.2. The van der Waals surface area contributed by atoms with Crippen LogP contribution < -0.4 is 14.8 Å². The van der Waals surface area contributed by atoms with E-state index in [1.807, 2.05) is 18.2 Å². The molecule has 0 fully saturated rings. The Kier molecular flexibility index (Phi) is 6.28. The molecule has 0 saturated carbocycles. The lowest BCUT2D eigenvalue weighted by Crippen LogP contribution is -2.23. The summed E-state index contributed by atoms with van der Waals surface area (Å²) in [5, 5.41) is 21.4. The number of benzene rings is 2. The van der Waals surface area contributed by atoms with Gasteiger partial charge in [-0.3, -0.25) is 4.79 Å². The van der Waals surface area contributed by atoms with Gasteiger partial charge in [0.1, 0.15) is 0 Å². The van der Waals surface area contributed by atoms with E-state index in [1.165, 1.54) is 18.2 Å². The number of rotatable bonds is 7. The molecule has 0 heterocycles. The standard InChI is InChI=1S/C19H21NO5/c1-24-17-7-4-14(12-18(17)25-2)9-10-20-19(23)8-5-13-3-6-15(21)16(22)11-13/h3-8,11-12,21-22H,9-10H2,1-2H3,(H,20,23)/b8-5-. The Hall–Kier alpha value is -3.15. The van der Waals surface area contributed by atoms with Crippen LogP contribution >= 0.6 is 0 Å². The Balaban J connectivity index is 1.86. The molecule has 0 atom stereocenters. The molecule has 0 unspecified atom stereocenters. The normalized spacial score (nSPS) is 10.6. The lowest BCUT2D eigenvalue weighted by molar-refractivity contribution is -0.116. The number of methoxy groups -OCH3 is 2. The summed E-state index contributed by atoms with van der Waals surface area (Å²) in [5.74, 6) is 0.648. The van der Waals surface area contributed by atoms with E-state index < -0.39 is 0 Å². The van der Waals surface area contributed by atoms with Gasteiger partial charge in [0.15, 0.2) is 23.0 Å². The number of hydrogen-bond acceptors (Lipinski definition) is 5. The molecular formula is C19H21NO5. The van der Waals surface area contributed by atoms with E-state index >= 15 is 0 Å². The number of phenols is 2. The molecule has 132 valence electrons. The third-order valence-electron chi connectivity index (χ3n) is 3.59. The zero-order chi connectivity index (χ0) is 18.2. The van der Waals surface area contributed by atoms with Gasteiger partial charge in [0, 0.05) is 12.6 Å². The molecule has 2 aromatic rings. The van der Waals surface area contributed by atoms with Crippen LogP contribution in [0.25, 0.3) is 6.08 Å². The molecule has 0 bridgehead atoms. The van der Waals surface area contributed by atoms with Crippen LogP contribution in [0.1, 0.15) is 11.1 Å². The van der Waals surface area contributed by atoms with Crippen LogP contribution in [0.3, 0.4) is 0 Å². The van der Waals surface area contributed by atoms with Crippen molar-refractivity contribution < 1.29 is 24.5 Å². The molecule has 2 rings (SSSR count). The molecular weight excluding hydrogens is 322 g/mol. The summed E-state index contributed by atoms with van der Waals surface area (Å²) >= 11 is 0. The summed E-state index contributed by atoms with van der Waals surface area (Å²) in [6, 6.07) is 9.96. The first-order valence-electron chi connectivity index (χ1n) is 7.72. The predicted octanol–water partition coefficient (Wildman–Crippen LogP) is 2.49. The first-order valence-corrected chi connectivity index (χ1v) is 7.72. The second-order valence-electron chi connectivity index (χ2n) is 5.31. The van der Waals surface area contributed by atoms with E-state index in [2.05, 4.69) is 5.32 Å². The van der Waals surface area contributed by atoms with Gasteiger partial charge in [-0.2, -0.15) is 0 Å². The number of nitrogens with one attached hydrogen (secondary N) is 1. The van der Waals surface area contributed by atoms with Crippen molar-refractivity contribution in [1.29, 1.82) is 0 Å². The highest BCUT2D eigenvalue weighted by Gasteiger charge is 2.05. The fourth-order valence-electron chi connectivity index (χ4n) is 2.24. The minimum atomic E-state index is -0.243. The molecule has 25 heavy (non-hydrogen) atoms. The van der Waals surface area contributed by atoms with E-state index in [9.17, 15) is 15.0 Å². The van der Waals surface area contributed by atoms with Gasteiger partial charge in [0.2, 0.25) is 5.91 Å². The fraction of sp³-hybridized carbons (Fsp3) is 0.211. The fourth-order valence-corrected chi connectivity index (χ4v) is 2.24. The Morgan fingerprint density at radius 3 is 2.48 bits per heavy atom. The largest absolute Gasteiger partial charge is 0.504 e. The van der Waals surface area contributed by atoms with Crippen molar-refractivity contribution in [1.82, 2.24) is 5.32 Å². The Morgan fingerprint density at radius 2 is 1.80 bits per heavy atom. The summed E-state index contributed by atoms with van der Waals surface area (Å²) in [5.41, 5.74) is 1.63. The minimum Gasteiger partial charge on any atom is -0.504 e. The van der Waals surface area contributed by atoms with Crippen molar-refractivity contribution in [3.8, 4) is 23.0 Å². The van der Waals surface area contributed by atoms with Crippen LogP contribution in [0.2, 0.25) is 0 Å². The minimum absolute atomic E-state index is 0.198. The van der Waals surface area contributed by atoms with Gasteiger partial charge in [-0.05, 0) is 47.9 Å². The number of phenolic OH excluding ortho intramolecular Hbond substituents is 2. The van der Waals surface area contributed by atoms with Gasteiger partial charge in [0.05, 0.1) is 14.2 Å². The molecule has 3 N–H and O–H groups in total. The first kappa shape index (κ1) is 18.2. The summed E-state index contributed by atoms with van der Waals surface area (Å²) < 4.78 is 10.4. The lowest BCUT2D eigenvalue weighted by atomic mass is 10.1. The highest BCUT2D eigenvalue weighted by Crippen LogP contribution is 2.27. The Morgan fingerprint density at radius 1 is 1.04 bits per heavy atom. The quantitative estimate of drug-likeness (QED) is 0.531. The van der Waals surface area contributed by atoms with Gasteiger partial charge in [-0.15, -0.1) is 0 Å². The third-order valence-corrected chi connectivity index (χ3v) is 3.59. The maximum absolute atomic E-state index is 11.8. The third kappa shape index (κ3) is 5.17. The maximum atomic E-state index is 11.8. The van der Waals surface area contributed by atoms with Gasteiger partial charge >= 0.3 is 0 Å². The summed E-state index contributed by atoms with van der Waals surface area (Å²) in [6.07, 6.45) is 3.59. The molecule has 0 aromatic heterocycles. The molecule has 6 heteroatoms. The summed E-state index contributed by atoms with van der Waals surface area (Å²) in [7, 11) is 3.16. The van der Waals surface area contributed by atoms with Crippen molar-refractivity contribution in [3.05, 3.63) is 53.6 Å². The molecule has 0 aliphatic carbocycles. The number of aromatic hydroxyl groups is 2. The van der Waals surface area contributed by atoms with E-state index in [1.54, 1.807) is 26.4 Å². The predicted molar refractivity (Wildman–Crippen MR) is 95.1 cm³/mol. The maximum Gasteiger partial charge on any atom is 0.244 e. The van der Waals surface area contributed by atoms with Crippen LogP contribution in [0.15, 0.2) is 42.5 Å². The summed E-state index contributed by atoms with van der Waals surface area (Å²) in [4.78, 5) is 11.8. The zero-order valence-corrected chi connectivity index (χ0v) is 14.2. The monoisotopic (exact) mass is 343 g/mol. The lowest BCUT2D eigenvalue weighted by Gasteiger charge is -2.09. The van der Waals surface area contributed by atoms with E-state index in [-0.39, 0.29) is 17.4 Å². The molecule has 6 nitrogen and oxygen atoms in total. The first-order chi connectivity index (χ1) is 12.0. The van der Waals surface area contributed by atoms with Gasteiger partial charge in [-0.25, -0.2) is 0 Å². The average molecular weight is 343 g/mol. The van der Waals surface area contributed by atoms with Crippen LogP contribution in [-0.4, -0.2) is 36.9 Å². The second kappa shape index (κ2) is 8.63. The van der Waals surface area contributed by atoms with Crippen molar-refractivity contribution in [2.45, 2.75) is 6.42 Å². The van der Waals surface area contributed by atoms with E-state index in [0.29, 0.717) is 30.0 Å². The smallest absolute Gasteiger partial charge is 0.244 e. The molecule has 0 saturated heterocycles. The van der Waals surface area contributed by atoms with E-state index in [0.717, 1.165) is 5.56 Å². The molecule has 0 aliphatic rings. The van der Waals surface area contributed by atoms with Gasteiger partial charge in [-0.1, -0.05) is 12.1 Å². The van der Waals surface area contributed by atoms with Crippen LogP contribution in [0, 0.1) is 0 Å². The van der Waals surface area contributed by atoms with Gasteiger partial charge < -0.3 is 25.0 Å². The SMILES string of the molecule is COc1ccc(CCNC(=O)/C=C\c2ccc(O)c(O)c2)cc1OC. The molecule has 0 aliphatic heterocycles. The molecule has 0 spiro atoms. The topological polar surface area (TPSA) is 88.0 Å². The molecule has 1 amide bonds. The summed E-state index contributed by atoms with van der Waals surface area (Å²) in [6.45, 7) is 0.472. The Labute approximate surface area is 146 Å². The van der Waals surface area contributed by atoms with Crippen molar-refractivity contribution in [2.24, 2.45) is 0 Å². The van der Waals surface area contributed by atoms with Crippen molar-refractivity contribution in [3.63, 3.8) is 0 Å². The average Bonchev–Trinajstić information content (AvgIpc) is 2.62. The van der Waals surface area contributed by atoms with Crippen molar-refractivity contribution >= 4 is 12.0 Å². The second-order valence-corrected chi connectivity index (χ2v) is 5.31. The number of amides is 1. The molecule has 2 aromatic carbocycles. The van der Waals surface area contributed by atoms with Crippen molar-refractivity contribution in [2.75, 3.05) is 20.8 Å². The molecule has 0 radical (unpaired) electrons. The van der Waals surface area contributed by atoms with Gasteiger partial charge in [0.25, 0.3) is 0 Å². The van der Waals surface area contributed by atoms with Crippen LogP contribution in [0.5, 0.6) is 23.0 Å². The highest BCUT2D eigenvalue weighted by molar-refractivity contribution is 5.91.